The van der Waals surface area contributed by atoms with Gasteiger partial charge in [0.1, 0.15) is 10.7 Å². The topological polar surface area (TPSA) is 55.1 Å². The van der Waals surface area contributed by atoms with Crippen LogP contribution >= 0.6 is 22.9 Å². The lowest BCUT2D eigenvalue weighted by molar-refractivity contribution is 0.103. The van der Waals surface area contributed by atoms with Crippen molar-refractivity contribution < 1.29 is 9.18 Å². The molecule has 0 saturated carbocycles. The van der Waals surface area contributed by atoms with Crippen LogP contribution in [0.2, 0.25) is 5.02 Å². The number of nitrogens with two attached hydrogens (primary N) is 1. The highest BCUT2D eigenvalue weighted by Gasteiger charge is 2.15. The second-order valence-electron chi connectivity index (χ2n) is 3.75. The molecule has 94 valence electrons. The molecule has 1 aromatic heterocycles. The maximum absolute atomic E-state index is 13.1. The summed E-state index contributed by atoms with van der Waals surface area (Å²) in [4.78, 5) is 12.3. The zero-order valence-electron chi connectivity index (χ0n) is 9.46. The number of rotatable bonds is 2. The van der Waals surface area contributed by atoms with E-state index in [0.717, 1.165) is 5.56 Å². The van der Waals surface area contributed by atoms with Gasteiger partial charge in [-0.25, -0.2) is 4.39 Å². The molecule has 0 unspecified atom stereocenters. The van der Waals surface area contributed by atoms with Crippen molar-refractivity contribution in [1.29, 1.82) is 0 Å². The Morgan fingerprint density at radius 3 is 2.83 bits per heavy atom. The molecule has 3 nitrogen and oxygen atoms in total. The number of hydrogen-bond acceptors (Lipinski definition) is 3. The van der Waals surface area contributed by atoms with E-state index in [0.29, 0.717) is 15.6 Å². The molecular weight excluding hydrogens is 275 g/mol. The monoisotopic (exact) mass is 284 g/mol. The molecule has 0 atom stereocenters. The third kappa shape index (κ3) is 2.47. The molecule has 18 heavy (non-hydrogen) atoms. The molecule has 0 saturated heterocycles. The van der Waals surface area contributed by atoms with E-state index in [9.17, 15) is 9.18 Å². The zero-order valence-corrected chi connectivity index (χ0v) is 11.0. The Hall–Kier alpha value is -1.59. The number of hydrogen-bond donors (Lipinski definition) is 2. The quantitative estimate of drug-likeness (QED) is 0.827. The summed E-state index contributed by atoms with van der Waals surface area (Å²) < 4.78 is 13.1. The highest BCUT2D eigenvalue weighted by Crippen LogP contribution is 2.28. The van der Waals surface area contributed by atoms with Crippen molar-refractivity contribution >= 4 is 40.2 Å². The van der Waals surface area contributed by atoms with Crippen LogP contribution in [0.25, 0.3) is 0 Å². The van der Waals surface area contributed by atoms with Gasteiger partial charge in [-0.3, -0.25) is 4.79 Å². The molecule has 6 heteroatoms. The van der Waals surface area contributed by atoms with Gasteiger partial charge >= 0.3 is 0 Å². The van der Waals surface area contributed by atoms with Crippen LogP contribution in [0.1, 0.15) is 15.2 Å². The zero-order chi connectivity index (χ0) is 13.3. The molecule has 0 aliphatic rings. The number of nitrogens with one attached hydrogen (secondary N) is 1. The van der Waals surface area contributed by atoms with Crippen LogP contribution < -0.4 is 11.1 Å². The lowest BCUT2D eigenvalue weighted by Crippen LogP contribution is -2.12. The number of halogens is 2. The van der Waals surface area contributed by atoms with Crippen LogP contribution in [-0.4, -0.2) is 5.91 Å². The summed E-state index contributed by atoms with van der Waals surface area (Å²) in [5, 5.41) is 4.74. The van der Waals surface area contributed by atoms with Gasteiger partial charge in [-0.15, -0.1) is 11.3 Å². The average molecular weight is 285 g/mol. The third-order valence-electron chi connectivity index (χ3n) is 2.37. The van der Waals surface area contributed by atoms with Gasteiger partial charge in [0.2, 0.25) is 0 Å². The van der Waals surface area contributed by atoms with Gasteiger partial charge in [0.15, 0.2) is 0 Å². The van der Waals surface area contributed by atoms with Gasteiger partial charge in [-0.1, -0.05) is 11.6 Å². The van der Waals surface area contributed by atoms with Gasteiger partial charge in [0.25, 0.3) is 5.91 Å². The first-order chi connectivity index (χ1) is 8.49. The lowest BCUT2D eigenvalue weighted by Gasteiger charge is -2.07. The Balaban J connectivity index is 2.27. The molecule has 2 rings (SSSR count). The summed E-state index contributed by atoms with van der Waals surface area (Å²) in [6, 6.07) is 3.79. The van der Waals surface area contributed by atoms with Gasteiger partial charge in [-0.05, 0) is 36.1 Å². The number of amides is 1. The normalized spacial score (nSPS) is 10.4. The van der Waals surface area contributed by atoms with Crippen molar-refractivity contribution in [1.82, 2.24) is 0 Å². The molecular formula is C12H10ClFN2OS. The Labute approximate surface area is 112 Å². The maximum Gasteiger partial charge on any atom is 0.267 e. The van der Waals surface area contributed by atoms with E-state index in [4.69, 9.17) is 17.3 Å². The van der Waals surface area contributed by atoms with Gasteiger partial charge in [0, 0.05) is 0 Å². The van der Waals surface area contributed by atoms with Crippen molar-refractivity contribution in [3.05, 3.63) is 44.9 Å². The molecule has 0 radical (unpaired) electrons. The summed E-state index contributed by atoms with van der Waals surface area (Å²) in [6.07, 6.45) is 0. The molecule has 2 aromatic rings. The van der Waals surface area contributed by atoms with E-state index in [1.165, 1.54) is 29.5 Å². The van der Waals surface area contributed by atoms with Crippen LogP contribution in [0.5, 0.6) is 0 Å². The number of benzene rings is 1. The molecule has 1 heterocycles. The van der Waals surface area contributed by atoms with E-state index in [1.807, 2.05) is 6.92 Å². The van der Waals surface area contributed by atoms with Gasteiger partial charge < -0.3 is 11.1 Å². The second-order valence-corrected chi connectivity index (χ2v) is 5.01. The minimum Gasteiger partial charge on any atom is -0.397 e. The summed E-state index contributed by atoms with van der Waals surface area (Å²) in [7, 11) is 0. The summed E-state index contributed by atoms with van der Waals surface area (Å²) in [6.45, 7) is 1.81. The van der Waals surface area contributed by atoms with Crippen LogP contribution in [-0.2, 0) is 0 Å². The van der Waals surface area contributed by atoms with Crippen LogP contribution in [0.4, 0.5) is 15.8 Å². The third-order valence-corrected chi connectivity index (χ3v) is 4.06. The Morgan fingerprint density at radius 1 is 1.50 bits per heavy atom. The molecule has 0 aliphatic carbocycles. The summed E-state index contributed by atoms with van der Waals surface area (Å²) in [5.74, 6) is -0.858. The van der Waals surface area contributed by atoms with Crippen molar-refractivity contribution in [2.75, 3.05) is 11.1 Å². The van der Waals surface area contributed by atoms with Crippen molar-refractivity contribution in [3.8, 4) is 0 Å². The molecule has 3 N–H and O–H groups in total. The molecule has 0 bridgehead atoms. The van der Waals surface area contributed by atoms with E-state index >= 15 is 0 Å². The molecule has 0 aliphatic heterocycles. The fourth-order valence-electron chi connectivity index (χ4n) is 1.40. The number of thiophene rings is 1. The molecule has 1 amide bonds. The molecule has 0 fully saturated rings. The number of anilines is 2. The van der Waals surface area contributed by atoms with Gasteiger partial charge in [0.05, 0.1) is 16.4 Å². The van der Waals surface area contributed by atoms with E-state index in [1.54, 1.807) is 5.38 Å². The van der Waals surface area contributed by atoms with Crippen LogP contribution in [0, 0.1) is 12.7 Å². The van der Waals surface area contributed by atoms with Crippen molar-refractivity contribution in [2.24, 2.45) is 0 Å². The van der Waals surface area contributed by atoms with Crippen molar-refractivity contribution in [2.45, 2.75) is 6.92 Å². The summed E-state index contributed by atoms with van der Waals surface area (Å²) >= 11 is 7.22. The number of carbonyl (C=O) groups is 1. The smallest absolute Gasteiger partial charge is 0.267 e. The predicted molar refractivity (Wildman–Crippen MR) is 72.8 cm³/mol. The highest BCUT2D eigenvalue weighted by molar-refractivity contribution is 7.13. The van der Waals surface area contributed by atoms with Crippen molar-refractivity contribution in [3.63, 3.8) is 0 Å². The second kappa shape index (κ2) is 4.96. The van der Waals surface area contributed by atoms with Gasteiger partial charge in [-0.2, -0.15) is 0 Å². The molecule has 1 aromatic carbocycles. The maximum atomic E-state index is 13.1. The highest BCUT2D eigenvalue weighted by atomic mass is 35.5. The number of carbonyl (C=O) groups excluding carboxylic acids is 1. The summed E-state index contributed by atoms with van der Waals surface area (Å²) in [5.41, 5.74) is 7.02. The first-order valence-electron chi connectivity index (χ1n) is 5.09. The van der Waals surface area contributed by atoms with E-state index in [2.05, 4.69) is 5.32 Å². The predicted octanol–water partition coefficient (Wildman–Crippen LogP) is 3.68. The van der Waals surface area contributed by atoms with Crippen LogP contribution in [0.15, 0.2) is 23.6 Å². The Bertz CT molecular complexity index is 612. The van der Waals surface area contributed by atoms with E-state index < -0.39 is 11.7 Å². The average Bonchev–Trinajstić information content (AvgIpc) is 2.65. The lowest BCUT2D eigenvalue weighted by atomic mass is 10.2. The minimum absolute atomic E-state index is 0.238. The fourth-order valence-corrected chi connectivity index (χ4v) is 2.57. The van der Waals surface area contributed by atoms with E-state index in [-0.39, 0.29) is 5.69 Å². The number of aryl methyl sites for hydroxylation is 1. The standard InChI is InChI=1S/C12H10ClFN2OS/c1-6-5-18-11(10(6)13)12(17)16-9-4-7(14)2-3-8(9)15/h2-5H,15H2,1H3,(H,16,17). The Kier molecular flexibility index (Phi) is 3.54. The Morgan fingerprint density at radius 2 is 2.22 bits per heavy atom. The first-order valence-corrected chi connectivity index (χ1v) is 6.34. The van der Waals surface area contributed by atoms with Crippen LogP contribution in [0.3, 0.4) is 0 Å². The largest absolute Gasteiger partial charge is 0.397 e. The first kappa shape index (κ1) is 12.9. The molecule has 0 spiro atoms. The SMILES string of the molecule is Cc1csc(C(=O)Nc2cc(F)ccc2N)c1Cl. The number of nitrogen functional groups attached to an aromatic ring is 1. The fraction of sp³-hybridized carbons (Fsp3) is 0.0833. The minimum atomic E-state index is -0.465.